The second-order valence-corrected chi connectivity index (χ2v) is 8.56. The van der Waals surface area contributed by atoms with E-state index in [0.717, 1.165) is 30.0 Å². The lowest BCUT2D eigenvalue weighted by molar-refractivity contribution is -0.117. The molecule has 0 aliphatic carbocycles. The lowest BCUT2D eigenvalue weighted by atomic mass is 9.94. The summed E-state index contributed by atoms with van der Waals surface area (Å²) in [5.41, 5.74) is 11.1. The quantitative estimate of drug-likeness (QED) is 0.426. The molecule has 0 radical (unpaired) electrons. The van der Waals surface area contributed by atoms with Gasteiger partial charge in [0.1, 0.15) is 6.07 Å². The number of para-hydroxylation sites is 1. The van der Waals surface area contributed by atoms with Crippen LogP contribution in [0.5, 0.6) is 0 Å². The van der Waals surface area contributed by atoms with Crippen LogP contribution in [0.4, 0.5) is 11.4 Å². The number of primary amides is 1. The number of carbonyl (C=O) groups excluding carboxylic acids is 1. The lowest BCUT2D eigenvalue weighted by Gasteiger charge is -2.36. The molecule has 4 rings (SSSR count). The fourth-order valence-electron chi connectivity index (χ4n) is 4.39. The third-order valence-corrected chi connectivity index (χ3v) is 6.13. The molecule has 33 heavy (non-hydrogen) atoms. The number of hydrogen-bond donors (Lipinski definition) is 4. The largest absolute Gasteiger partial charge is 0.381 e. The van der Waals surface area contributed by atoms with Crippen LogP contribution < -0.4 is 21.7 Å². The second kappa shape index (κ2) is 10.2. The molecular weight excluding hydrogens is 410 g/mol. The van der Waals surface area contributed by atoms with Gasteiger partial charge in [0.05, 0.1) is 35.4 Å². The van der Waals surface area contributed by atoms with E-state index in [1.807, 2.05) is 48.5 Å². The van der Waals surface area contributed by atoms with Gasteiger partial charge in [-0.1, -0.05) is 67.6 Å². The molecule has 0 saturated carbocycles. The first kappa shape index (κ1) is 22.4. The predicted octanol–water partition coefficient (Wildman–Crippen LogP) is 3.93. The molecule has 3 atom stereocenters. The standard InChI is InChI=1S/C27H29N5O/c1-18(21-10-5-7-19(13-21)14-25(29)33)16-31-26(20-8-3-2-4-9-20)24-17-30-23-12-6-11-22(15-28)27(23)32-24/h2-13,18,24,26,30-32H,14,16-17H2,1H3,(H2,29,33)/t18-,24-,26-/m1/s1. The van der Waals surface area contributed by atoms with Crippen molar-refractivity contribution in [3.05, 3.63) is 95.1 Å². The van der Waals surface area contributed by atoms with E-state index in [0.29, 0.717) is 5.56 Å². The minimum atomic E-state index is -0.324. The first-order valence-corrected chi connectivity index (χ1v) is 11.2. The molecule has 0 fully saturated rings. The normalized spacial score (nSPS) is 16.4. The van der Waals surface area contributed by atoms with Crippen LogP contribution in [0.3, 0.4) is 0 Å². The van der Waals surface area contributed by atoms with Crippen LogP contribution in [0.1, 0.15) is 41.1 Å². The van der Waals surface area contributed by atoms with E-state index in [2.05, 4.69) is 53.2 Å². The van der Waals surface area contributed by atoms with E-state index >= 15 is 0 Å². The van der Waals surface area contributed by atoms with Crippen LogP contribution in [0.2, 0.25) is 0 Å². The number of anilines is 2. The topological polar surface area (TPSA) is 103 Å². The van der Waals surface area contributed by atoms with Crippen molar-refractivity contribution in [3.8, 4) is 6.07 Å². The van der Waals surface area contributed by atoms with Gasteiger partial charge in [0.15, 0.2) is 0 Å². The molecule has 1 aliphatic rings. The van der Waals surface area contributed by atoms with Gasteiger partial charge in [0.2, 0.25) is 5.91 Å². The molecule has 168 valence electrons. The Balaban J connectivity index is 1.53. The average molecular weight is 440 g/mol. The number of carbonyl (C=O) groups is 1. The number of rotatable bonds is 8. The van der Waals surface area contributed by atoms with Gasteiger partial charge in [0, 0.05) is 13.1 Å². The van der Waals surface area contributed by atoms with Crippen molar-refractivity contribution in [2.75, 3.05) is 23.7 Å². The summed E-state index contributed by atoms with van der Waals surface area (Å²) >= 11 is 0. The highest BCUT2D eigenvalue weighted by Crippen LogP contribution is 2.33. The minimum Gasteiger partial charge on any atom is -0.381 e. The summed E-state index contributed by atoms with van der Waals surface area (Å²) in [4.78, 5) is 11.3. The molecule has 0 spiro atoms. The maximum atomic E-state index is 11.3. The van der Waals surface area contributed by atoms with Crippen molar-refractivity contribution >= 4 is 17.3 Å². The van der Waals surface area contributed by atoms with Crippen LogP contribution >= 0.6 is 0 Å². The average Bonchev–Trinajstić information content (AvgIpc) is 2.84. The van der Waals surface area contributed by atoms with Crippen molar-refractivity contribution in [2.45, 2.75) is 31.3 Å². The molecule has 3 aromatic carbocycles. The van der Waals surface area contributed by atoms with E-state index in [-0.39, 0.29) is 30.3 Å². The van der Waals surface area contributed by atoms with Crippen molar-refractivity contribution in [1.29, 1.82) is 5.26 Å². The predicted molar refractivity (Wildman–Crippen MR) is 132 cm³/mol. The van der Waals surface area contributed by atoms with Crippen LogP contribution in [-0.4, -0.2) is 25.0 Å². The fraction of sp³-hybridized carbons (Fsp3) is 0.259. The van der Waals surface area contributed by atoms with Gasteiger partial charge in [-0.3, -0.25) is 4.79 Å². The molecular formula is C27H29N5O. The number of nitrogens with one attached hydrogen (secondary N) is 3. The molecule has 6 nitrogen and oxygen atoms in total. The molecule has 1 aliphatic heterocycles. The Bertz CT molecular complexity index is 1150. The number of nitrogens with zero attached hydrogens (tertiary/aromatic N) is 1. The Morgan fingerprint density at radius 1 is 1.12 bits per heavy atom. The highest BCUT2D eigenvalue weighted by atomic mass is 16.1. The maximum absolute atomic E-state index is 11.3. The Kier molecular flexibility index (Phi) is 6.92. The number of benzene rings is 3. The molecule has 0 aromatic heterocycles. The van der Waals surface area contributed by atoms with Crippen molar-refractivity contribution in [3.63, 3.8) is 0 Å². The monoisotopic (exact) mass is 439 g/mol. The highest BCUT2D eigenvalue weighted by molar-refractivity contribution is 5.78. The maximum Gasteiger partial charge on any atom is 0.221 e. The van der Waals surface area contributed by atoms with Gasteiger partial charge in [-0.15, -0.1) is 0 Å². The van der Waals surface area contributed by atoms with Gasteiger partial charge in [-0.25, -0.2) is 0 Å². The van der Waals surface area contributed by atoms with Crippen molar-refractivity contribution in [1.82, 2.24) is 5.32 Å². The zero-order chi connectivity index (χ0) is 23.2. The summed E-state index contributed by atoms with van der Waals surface area (Å²) in [5, 5.41) is 20.4. The summed E-state index contributed by atoms with van der Waals surface area (Å²) in [7, 11) is 0. The molecule has 3 aromatic rings. The fourth-order valence-corrected chi connectivity index (χ4v) is 4.39. The first-order chi connectivity index (χ1) is 16.0. The SMILES string of the molecule is C[C@H](CN[C@H](c1ccccc1)[C@H]1CNc2cccc(C#N)c2N1)c1cccc(CC(N)=O)c1. The third-order valence-electron chi connectivity index (χ3n) is 6.13. The number of nitrogens with two attached hydrogens (primary N) is 1. The van der Waals surface area contributed by atoms with Gasteiger partial charge in [-0.05, 0) is 34.7 Å². The summed E-state index contributed by atoms with van der Waals surface area (Å²) < 4.78 is 0. The Morgan fingerprint density at radius 2 is 1.88 bits per heavy atom. The number of amides is 1. The first-order valence-electron chi connectivity index (χ1n) is 11.2. The molecule has 0 unspecified atom stereocenters. The van der Waals surface area contributed by atoms with Gasteiger partial charge in [0.25, 0.3) is 0 Å². The van der Waals surface area contributed by atoms with E-state index in [4.69, 9.17) is 5.73 Å². The molecule has 1 heterocycles. The van der Waals surface area contributed by atoms with Crippen molar-refractivity contribution in [2.24, 2.45) is 5.73 Å². The molecule has 5 N–H and O–H groups in total. The van der Waals surface area contributed by atoms with Gasteiger partial charge < -0.3 is 21.7 Å². The summed E-state index contributed by atoms with van der Waals surface area (Å²) in [6.45, 7) is 3.66. The van der Waals surface area contributed by atoms with E-state index in [9.17, 15) is 10.1 Å². The number of fused-ring (bicyclic) bond motifs is 1. The summed E-state index contributed by atoms with van der Waals surface area (Å²) in [6.07, 6.45) is 0.249. The lowest BCUT2D eigenvalue weighted by Crippen LogP contribution is -2.45. The second-order valence-electron chi connectivity index (χ2n) is 8.56. The minimum absolute atomic E-state index is 0.0369. The van der Waals surface area contributed by atoms with Crippen LogP contribution in [0.25, 0.3) is 0 Å². The van der Waals surface area contributed by atoms with E-state index < -0.39 is 0 Å². The zero-order valence-electron chi connectivity index (χ0n) is 18.7. The number of hydrogen-bond acceptors (Lipinski definition) is 5. The van der Waals surface area contributed by atoms with E-state index in [1.54, 1.807) is 0 Å². The van der Waals surface area contributed by atoms with Crippen LogP contribution in [0.15, 0.2) is 72.8 Å². The van der Waals surface area contributed by atoms with Crippen molar-refractivity contribution < 1.29 is 4.79 Å². The summed E-state index contributed by atoms with van der Waals surface area (Å²) in [5.74, 6) is -0.0856. The Hall–Kier alpha value is -3.82. The van der Waals surface area contributed by atoms with Crippen LogP contribution in [0, 0.1) is 11.3 Å². The highest BCUT2D eigenvalue weighted by Gasteiger charge is 2.28. The molecule has 0 bridgehead atoms. The smallest absolute Gasteiger partial charge is 0.221 e. The number of nitriles is 1. The Morgan fingerprint density at radius 3 is 2.64 bits per heavy atom. The molecule has 1 amide bonds. The Labute approximate surface area is 194 Å². The summed E-state index contributed by atoms with van der Waals surface area (Å²) in [6, 6.07) is 26.5. The zero-order valence-corrected chi connectivity index (χ0v) is 18.7. The van der Waals surface area contributed by atoms with E-state index in [1.165, 1.54) is 11.1 Å². The third kappa shape index (κ3) is 5.33. The molecule has 0 saturated heterocycles. The van der Waals surface area contributed by atoms with Crippen LogP contribution in [-0.2, 0) is 11.2 Å². The van der Waals surface area contributed by atoms with Gasteiger partial charge in [-0.2, -0.15) is 5.26 Å². The van der Waals surface area contributed by atoms with Gasteiger partial charge >= 0.3 is 0 Å². The molecule has 6 heteroatoms.